The lowest BCUT2D eigenvalue weighted by Crippen LogP contribution is -2.40. The molecule has 0 saturated carbocycles. The van der Waals surface area contributed by atoms with E-state index in [0.29, 0.717) is 4.57 Å². The summed E-state index contributed by atoms with van der Waals surface area (Å²) in [5.74, 6) is -1.42. The Morgan fingerprint density at radius 1 is 1.18 bits per heavy atom. The molecular weight excluding hydrogens is 405 g/mol. The van der Waals surface area contributed by atoms with Gasteiger partial charge in [-0.1, -0.05) is 11.6 Å². The van der Waals surface area contributed by atoms with Crippen LogP contribution in [0, 0.1) is 0 Å². The Morgan fingerprint density at radius 2 is 1.79 bits per heavy atom. The highest BCUT2D eigenvalue weighted by Crippen LogP contribution is 2.27. The lowest BCUT2D eigenvalue weighted by atomic mass is 10.2. The summed E-state index contributed by atoms with van der Waals surface area (Å²) in [6, 6.07) is 3.65. The minimum absolute atomic E-state index is 0.0960. The molecular formula is C17H14ClF3N2O5. The highest BCUT2D eigenvalue weighted by Gasteiger charge is 2.35. The zero-order valence-electron chi connectivity index (χ0n) is 14.8. The summed E-state index contributed by atoms with van der Waals surface area (Å²) in [6.07, 6.45) is -5.96. The number of ketones is 1. The third-order valence-electron chi connectivity index (χ3n) is 3.89. The zero-order chi connectivity index (χ0) is 21.4. The summed E-state index contributed by atoms with van der Waals surface area (Å²) in [4.78, 5) is 47.9. The molecule has 1 aromatic heterocycles. The van der Waals surface area contributed by atoms with Crippen LogP contribution in [0.15, 0.2) is 33.9 Å². The fourth-order valence-electron chi connectivity index (χ4n) is 2.25. The van der Waals surface area contributed by atoms with E-state index in [4.69, 9.17) is 16.3 Å². The van der Waals surface area contributed by atoms with E-state index in [0.717, 1.165) is 13.1 Å². The number of nitrogens with zero attached hydrogens (tertiary/aromatic N) is 2. The largest absolute Gasteiger partial charge is 0.451 e. The van der Waals surface area contributed by atoms with Crippen LogP contribution in [0.5, 0.6) is 0 Å². The van der Waals surface area contributed by atoms with Crippen molar-refractivity contribution in [2.45, 2.75) is 26.1 Å². The van der Waals surface area contributed by atoms with Crippen molar-refractivity contribution in [2.75, 3.05) is 0 Å². The molecule has 0 fully saturated rings. The van der Waals surface area contributed by atoms with Crippen LogP contribution in [0.1, 0.15) is 29.9 Å². The van der Waals surface area contributed by atoms with Crippen LogP contribution >= 0.6 is 11.6 Å². The van der Waals surface area contributed by atoms with E-state index in [-0.39, 0.29) is 26.9 Å². The van der Waals surface area contributed by atoms with Crippen molar-refractivity contribution in [2.24, 2.45) is 7.05 Å². The van der Waals surface area contributed by atoms with Gasteiger partial charge in [0.1, 0.15) is 5.69 Å². The van der Waals surface area contributed by atoms with Crippen molar-refractivity contribution in [3.63, 3.8) is 0 Å². The normalized spacial score (nSPS) is 12.5. The Kier molecular flexibility index (Phi) is 5.83. The molecule has 7 nitrogen and oxygen atoms in total. The van der Waals surface area contributed by atoms with Gasteiger partial charge in [0, 0.05) is 13.1 Å². The number of Topliss-reactive ketones (excluding diaryl/α,β-unsaturated/α-hetero) is 1. The number of carbonyl (C=O) groups is 2. The number of hydrogen-bond donors (Lipinski definition) is 0. The van der Waals surface area contributed by atoms with Crippen LogP contribution in [0.4, 0.5) is 13.2 Å². The second-order valence-corrected chi connectivity index (χ2v) is 6.27. The van der Waals surface area contributed by atoms with E-state index in [2.05, 4.69) is 0 Å². The molecule has 28 heavy (non-hydrogen) atoms. The molecule has 1 atom stereocenters. The Labute approximate surface area is 160 Å². The number of aromatic nitrogens is 2. The quantitative estimate of drug-likeness (QED) is 0.711. The van der Waals surface area contributed by atoms with Crippen LogP contribution in [-0.2, 0) is 22.8 Å². The van der Waals surface area contributed by atoms with Crippen molar-refractivity contribution < 1.29 is 27.5 Å². The molecule has 0 aliphatic rings. The number of halogens is 4. The summed E-state index contributed by atoms with van der Waals surface area (Å²) in [6.45, 7) is 2.55. The molecule has 11 heteroatoms. The lowest BCUT2D eigenvalue weighted by molar-refractivity contribution is -0.144. The van der Waals surface area contributed by atoms with Crippen LogP contribution in [-0.4, -0.2) is 27.0 Å². The Bertz CT molecular complexity index is 1070. The maximum absolute atomic E-state index is 12.9. The minimum atomic E-state index is -4.90. The number of carbonyl (C=O) groups excluding carboxylic acids is 2. The maximum atomic E-state index is 12.9. The number of hydrogen-bond acceptors (Lipinski definition) is 5. The maximum Gasteiger partial charge on any atom is 0.431 e. The summed E-state index contributed by atoms with van der Waals surface area (Å²) < 4.78 is 44.5. The van der Waals surface area contributed by atoms with Crippen LogP contribution in [0.25, 0.3) is 5.69 Å². The zero-order valence-corrected chi connectivity index (χ0v) is 15.6. The van der Waals surface area contributed by atoms with Crippen LogP contribution in [0.3, 0.4) is 0 Å². The number of esters is 1. The summed E-state index contributed by atoms with van der Waals surface area (Å²) in [5, 5.41) is -0.0960. The summed E-state index contributed by atoms with van der Waals surface area (Å²) >= 11 is 5.93. The summed E-state index contributed by atoms with van der Waals surface area (Å²) in [7, 11) is 0.862. The number of benzene rings is 1. The van der Waals surface area contributed by atoms with Gasteiger partial charge in [0.2, 0.25) is 0 Å². The molecule has 1 unspecified atom stereocenters. The van der Waals surface area contributed by atoms with Gasteiger partial charge in [-0.2, -0.15) is 13.2 Å². The van der Waals surface area contributed by atoms with Gasteiger partial charge in [-0.3, -0.25) is 14.2 Å². The fourth-order valence-corrected chi connectivity index (χ4v) is 2.45. The van der Waals surface area contributed by atoms with Crippen LogP contribution < -0.4 is 11.2 Å². The lowest BCUT2D eigenvalue weighted by Gasteiger charge is -2.15. The van der Waals surface area contributed by atoms with E-state index in [9.17, 15) is 32.3 Å². The number of alkyl halides is 3. The SMILES string of the molecule is CC(=O)C(C)OC(=O)c1cc(-n2c(=O)cc(C(F)(F)F)n(C)c2=O)ccc1Cl. The van der Waals surface area contributed by atoms with Gasteiger partial charge < -0.3 is 4.74 Å². The molecule has 2 aromatic rings. The highest BCUT2D eigenvalue weighted by molar-refractivity contribution is 6.33. The first-order chi connectivity index (χ1) is 12.8. The second kappa shape index (κ2) is 7.63. The molecule has 0 N–H and O–H groups in total. The molecule has 0 amide bonds. The standard InChI is InChI=1S/C17H14ClF3N2O5/c1-8(24)9(2)28-15(26)11-6-10(4-5-12(11)18)23-14(25)7-13(17(19,20)21)22(3)16(23)27/h4-7,9H,1-3H3. The van der Waals surface area contributed by atoms with Gasteiger partial charge in [-0.25, -0.2) is 14.2 Å². The Balaban J connectivity index is 2.61. The van der Waals surface area contributed by atoms with Gasteiger partial charge in [-0.05, 0) is 32.0 Å². The highest BCUT2D eigenvalue weighted by atomic mass is 35.5. The first kappa shape index (κ1) is 21.4. The second-order valence-electron chi connectivity index (χ2n) is 5.86. The van der Waals surface area contributed by atoms with Crippen molar-refractivity contribution >= 4 is 23.4 Å². The van der Waals surface area contributed by atoms with Gasteiger partial charge >= 0.3 is 17.8 Å². The van der Waals surface area contributed by atoms with Crippen molar-refractivity contribution in [1.29, 1.82) is 0 Å². The molecule has 0 aliphatic heterocycles. The van der Waals surface area contributed by atoms with Gasteiger partial charge in [0.15, 0.2) is 11.9 Å². The van der Waals surface area contributed by atoms with Crippen molar-refractivity contribution in [3.8, 4) is 5.69 Å². The monoisotopic (exact) mass is 418 g/mol. The predicted octanol–water partition coefficient (Wildman–Crippen LogP) is 2.34. The predicted molar refractivity (Wildman–Crippen MR) is 92.9 cm³/mol. The molecule has 0 saturated heterocycles. The van der Waals surface area contributed by atoms with Crippen molar-refractivity contribution in [1.82, 2.24) is 9.13 Å². The molecule has 0 radical (unpaired) electrons. The van der Waals surface area contributed by atoms with E-state index in [1.807, 2.05) is 0 Å². The molecule has 150 valence electrons. The topological polar surface area (TPSA) is 87.4 Å². The molecule has 1 heterocycles. The molecule has 1 aromatic carbocycles. The first-order valence-corrected chi connectivity index (χ1v) is 8.14. The third kappa shape index (κ3) is 4.16. The number of ether oxygens (including phenoxy) is 1. The Hall–Kier alpha value is -2.88. The van der Waals surface area contributed by atoms with Crippen LogP contribution in [0.2, 0.25) is 5.02 Å². The fraction of sp³-hybridized carbons (Fsp3) is 0.294. The summed E-state index contributed by atoms with van der Waals surface area (Å²) in [5.41, 5.74) is -4.37. The van der Waals surface area contributed by atoms with Gasteiger partial charge in [-0.15, -0.1) is 0 Å². The van der Waals surface area contributed by atoms with E-state index < -0.39 is 41.0 Å². The van der Waals surface area contributed by atoms with E-state index in [1.54, 1.807) is 0 Å². The average Bonchev–Trinajstić information content (AvgIpc) is 2.58. The van der Waals surface area contributed by atoms with Gasteiger partial charge in [0.25, 0.3) is 5.56 Å². The minimum Gasteiger partial charge on any atom is -0.451 e. The molecule has 0 spiro atoms. The molecule has 2 rings (SSSR count). The average molecular weight is 419 g/mol. The molecule has 0 bridgehead atoms. The van der Waals surface area contributed by atoms with E-state index >= 15 is 0 Å². The smallest absolute Gasteiger partial charge is 0.431 e. The Morgan fingerprint density at radius 3 is 2.32 bits per heavy atom. The van der Waals surface area contributed by atoms with E-state index in [1.165, 1.54) is 26.0 Å². The molecule has 0 aliphatic carbocycles. The van der Waals surface area contributed by atoms with Gasteiger partial charge in [0.05, 0.1) is 16.3 Å². The first-order valence-electron chi connectivity index (χ1n) is 7.76. The van der Waals surface area contributed by atoms with Crippen molar-refractivity contribution in [3.05, 3.63) is 61.4 Å². The number of rotatable bonds is 4. The third-order valence-corrected chi connectivity index (χ3v) is 4.22.